The third-order valence-electron chi connectivity index (χ3n) is 4.75. The van der Waals surface area contributed by atoms with E-state index in [0.29, 0.717) is 0 Å². The smallest absolute Gasteiger partial charge is 0.407 e. The van der Waals surface area contributed by atoms with Gasteiger partial charge in [0.15, 0.2) is 0 Å². The van der Waals surface area contributed by atoms with Gasteiger partial charge < -0.3 is 19.9 Å². The van der Waals surface area contributed by atoms with E-state index in [9.17, 15) is 9.59 Å². The second kappa shape index (κ2) is 7.80. The number of fused-ring (bicyclic) bond motifs is 3. The lowest BCUT2D eigenvalue weighted by Gasteiger charge is -2.28. The highest BCUT2D eigenvalue weighted by molar-refractivity contribution is 5.79. The molecule has 1 aliphatic rings. The molecule has 0 saturated carbocycles. The number of alkyl carbamates (subject to hydrolysis) is 1. The van der Waals surface area contributed by atoms with Crippen LogP contribution < -0.4 is 5.32 Å². The van der Waals surface area contributed by atoms with Crippen LogP contribution in [0, 0.1) is 0 Å². The van der Waals surface area contributed by atoms with Gasteiger partial charge in [0.2, 0.25) is 0 Å². The molecule has 0 radical (unpaired) electrons. The predicted octanol–water partition coefficient (Wildman–Crippen LogP) is 3.40. The number of amides is 1. The average Bonchev–Trinajstić information content (AvgIpc) is 2.93. The Balaban J connectivity index is 1.71. The molecule has 0 heterocycles. The number of ether oxygens (including phenoxy) is 2. The quantitative estimate of drug-likeness (QED) is 0.781. The fourth-order valence-electron chi connectivity index (χ4n) is 3.66. The first-order chi connectivity index (χ1) is 12.9. The summed E-state index contributed by atoms with van der Waals surface area (Å²) in [6.07, 6.45) is -0.914. The number of methoxy groups -OCH3 is 1. The highest BCUT2D eigenvalue weighted by Crippen LogP contribution is 2.44. The Bertz CT molecular complexity index is 804. The van der Waals surface area contributed by atoms with Gasteiger partial charge in [-0.3, -0.25) is 4.79 Å². The third kappa shape index (κ3) is 4.11. The molecule has 1 amide bonds. The van der Waals surface area contributed by atoms with Crippen LogP contribution in [0.4, 0.5) is 4.79 Å². The zero-order valence-electron chi connectivity index (χ0n) is 15.4. The number of carboxylic acids is 1. The van der Waals surface area contributed by atoms with Crippen molar-refractivity contribution in [1.82, 2.24) is 5.32 Å². The van der Waals surface area contributed by atoms with Gasteiger partial charge in [-0.05, 0) is 29.2 Å². The van der Waals surface area contributed by atoms with Crippen molar-refractivity contribution in [3.8, 4) is 11.1 Å². The van der Waals surface area contributed by atoms with Gasteiger partial charge in [-0.2, -0.15) is 0 Å². The highest BCUT2D eigenvalue weighted by atomic mass is 16.5. The molecule has 0 aliphatic heterocycles. The van der Waals surface area contributed by atoms with Crippen molar-refractivity contribution in [3.63, 3.8) is 0 Å². The second-order valence-electron chi connectivity index (χ2n) is 7.01. The van der Waals surface area contributed by atoms with Gasteiger partial charge in [0.25, 0.3) is 0 Å². The Labute approximate surface area is 158 Å². The number of benzene rings is 2. The predicted molar refractivity (Wildman–Crippen MR) is 101 cm³/mol. The standard InChI is InChI=1S/C21H23NO5/c1-21(13-26-2,11-19(23)24)22-20(25)27-12-18-16-9-5-3-7-14(16)15-8-4-6-10-17(15)18/h3-10,18H,11-13H2,1-2H3,(H,22,25)(H,23,24). The van der Waals surface area contributed by atoms with Crippen LogP contribution in [-0.2, 0) is 14.3 Å². The minimum absolute atomic E-state index is 0.0451. The van der Waals surface area contributed by atoms with E-state index >= 15 is 0 Å². The van der Waals surface area contributed by atoms with E-state index in [1.807, 2.05) is 36.4 Å². The van der Waals surface area contributed by atoms with Crippen molar-refractivity contribution in [2.75, 3.05) is 20.3 Å². The fourth-order valence-corrected chi connectivity index (χ4v) is 3.66. The molecule has 6 heteroatoms. The molecule has 3 rings (SSSR count). The van der Waals surface area contributed by atoms with Crippen LogP contribution >= 0.6 is 0 Å². The monoisotopic (exact) mass is 369 g/mol. The number of hydrogen-bond donors (Lipinski definition) is 2. The largest absolute Gasteiger partial charge is 0.481 e. The Kier molecular flexibility index (Phi) is 5.46. The summed E-state index contributed by atoms with van der Waals surface area (Å²) in [5.74, 6) is -1.06. The molecule has 0 bridgehead atoms. The van der Waals surface area contributed by atoms with Crippen LogP contribution in [0.1, 0.15) is 30.4 Å². The molecule has 1 atom stereocenters. The number of aliphatic carboxylic acids is 1. The number of carbonyl (C=O) groups excluding carboxylic acids is 1. The van der Waals surface area contributed by atoms with E-state index < -0.39 is 17.6 Å². The summed E-state index contributed by atoms with van der Waals surface area (Å²) in [6, 6.07) is 16.1. The normalized spacial score (nSPS) is 14.7. The van der Waals surface area contributed by atoms with Gasteiger partial charge in [-0.1, -0.05) is 48.5 Å². The summed E-state index contributed by atoms with van der Waals surface area (Å²) >= 11 is 0. The van der Waals surface area contributed by atoms with E-state index in [1.165, 1.54) is 7.11 Å². The van der Waals surface area contributed by atoms with Gasteiger partial charge in [-0.25, -0.2) is 4.79 Å². The first-order valence-electron chi connectivity index (χ1n) is 8.77. The summed E-state index contributed by atoms with van der Waals surface area (Å²) < 4.78 is 10.5. The molecule has 142 valence electrons. The molecule has 6 nitrogen and oxygen atoms in total. The van der Waals surface area contributed by atoms with Gasteiger partial charge in [-0.15, -0.1) is 0 Å². The Hall–Kier alpha value is -2.86. The third-order valence-corrected chi connectivity index (χ3v) is 4.75. The summed E-state index contributed by atoms with van der Waals surface area (Å²) in [4.78, 5) is 23.4. The first kappa shape index (κ1) is 18.9. The first-order valence-corrected chi connectivity index (χ1v) is 8.77. The van der Waals surface area contributed by atoms with Gasteiger partial charge >= 0.3 is 12.1 Å². The highest BCUT2D eigenvalue weighted by Gasteiger charge is 2.32. The zero-order chi connectivity index (χ0) is 19.4. The Morgan fingerprint density at radius 3 is 2.15 bits per heavy atom. The lowest BCUT2D eigenvalue weighted by atomic mass is 9.98. The molecule has 0 saturated heterocycles. The molecule has 0 aromatic heterocycles. The summed E-state index contributed by atoms with van der Waals surface area (Å²) in [5.41, 5.74) is 3.51. The topological polar surface area (TPSA) is 84.9 Å². The molecule has 1 unspecified atom stereocenters. The van der Waals surface area contributed by atoms with Gasteiger partial charge in [0, 0.05) is 13.0 Å². The van der Waals surface area contributed by atoms with Crippen molar-refractivity contribution in [2.45, 2.75) is 24.8 Å². The summed E-state index contributed by atoms with van der Waals surface area (Å²) in [6.45, 7) is 1.87. The maximum Gasteiger partial charge on any atom is 0.407 e. The van der Waals surface area contributed by atoms with Gasteiger partial charge in [0.1, 0.15) is 6.61 Å². The van der Waals surface area contributed by atoms with Crippen LogP contribution in [-0.4, -0.2) is 43.0 Å². The van der Waals surface area contributed by atoms with Crippen LogP contribution in [0.15, 0.2) is 48.5 Å². The Morgan fingerprint density at radius 2 is 1.63 bits per heavy atom. The summed E-state index contributed by atoms with van der Waals surface area (Å²) in [7, 11) is 1.46. The lowest BCUT2D eigenvalue weighted by Crippen LogP contribution is -2.51. The van der Waals surface area contributed by atoms with Crippen molar-refractivity contribution in [2.24, 2.45) is 0 Å². The molecule has 1 aliphatic carbocycles. The van der Waals surface area contributed by atoms with E-state index in [0.717, 1.165) is 22.3 Å². The van der Waals surface area contributed by atoms with E-state index in [4.69, 9.17) is 14.6 Å². The van der Waals surface area contributed by atoms with E-state index in [1.54, 1.807) is 6.92 Å². The number of carbonyl (C=O) groups is 2. The minimum Gasteiger partial charge on any atom is -0.481 e. The molecule has 27 heavy (non-hydrogen) atoms. The van der Waals surface area contributed by atoms with Crippen LogP contribution in [0.3, 0.4) is 0 Å². The van der Waals surface area contributed by atoms with Crippen LogP contribution in [0.2, 0.25) is 0 Å². The van der Waals surface area contributed by atoms with Crippen LogP contribution in [0.25, 0.3) is 11.1 Å². The Morgan fingerprint density at radius 1 is 1.07 bits per heavy atom. The molecule has 0 fully saturated rings. The van der Waals surface area contributed by atoms with Crippen molar-refractivity contribution >= 4 is 12.1 Å². The molecular weight excluding hydrogens is 346 g/mol. The molecule has 0 spiro atoms. The average molecular weight is 369 g/mol. The number of hydrogen-bond acceptors (Lipinski definition) is 4. The maximum atomic E-state index is 12.3. The van der Waals surface area contributed by atoms with E-state index in [-0.39, 0.29) is 25.6 Å². The SMILES string of the molecule is COCC(C)(CC(=O)O)NC(=O)OCC1c2ccccc2-c2ccccc21. The van der Waals surface area contributed by atoms with Crippen molar-refractivity contribution < 1.29 is 24.2 Å². The van der Waals surface area contributed by atoms with Crippen LogP contribution in [0.5, 0.6) is 0 Å². The number of rotatable bonds is 7. The van der Waals surface area contributed by atoms with Crippen molar-refractivity contribution in [3.05, 3.63) is 59.7 Å². The minimum atomic E-state index is -1.04. The number of nitrogens with one attached hydrogen (secondary N) is 1. The second-order valence-corrected chi connectivity index (χ2v) is 7.01. The lowest BCUT2D eigenvalue weighted by molar-refractivity contribution is -0.139. The zero-order valence-corrected chi connectivity index (χ0v) is 15.4. The molecular formula is C21H23NO5. The van der Waals surface area contributed by atoms with E-state index in [2.05, 4.69) is 17.4 Å². The number of carboxylic acid groups (broad SMARTS) is 1. The molecule has 2 aromatic rings. The molecule has 2 aromatic carbocycles. The summed E-state index contributed by atoms with van der Waals surface area (Å²) in [5, 5.41) is 11.7. The maximum absolute atomic E-state index is 12.3. The fraction of sp³-hybridized carbons (Fsp3) is 0.333. The molecule has 2 N–H and O–H groups in total. The van der Waals surface area contributed by atoms with Gasteiger partial charge in [0.05, 0.1) is 18.6 Å². The van der Waals surface area contributed by atoms with Crippen molar-refractivity contribution in [1.29, 1.82) is 0 Å².